The van der Waals surface area contributed by atoms with E-state index in [0.717, 1.165) is 18.8 Å². The van der Waals surface area contributed by atoms with Gasteiger partial charge in [-0.1, -0.05) is 116 Å². The summed E-state index contributed by atoms with van der Waals surface area (Å²) in [6.07, 6.45) is 21.0. The molecule has 0 aliphatic heterocycles. The summed E-state index contributed by atoms with van der Waals surface area (Å²) in [5.74, 6) is 0.392. The van der Waals surface area contributed by atoms with Gasteiger partial charge in [0.05, 0.1) is 6.61 Å². The maximum absolute atomic E-state index is 12.1. The third-order valence-electron chi connectivity index (χ3n) is 6.05. The Labute approximate surface area is 185 Å². The number of rotatable bonds is 19. The molecule has 0 saturated heterocycles. The Morgan fingerprint density at radius 2 is 1.27 bits per heavy atom. The van der Waals surface area contributed by atoms with E-state index in [9.17, 15) is 9.90 Å². The van der Waals surface area contributed by atoms with Crippen LogP contribution in [0.5, 0.6) is 5.75 Å². The Kier molecular flexibility index (Phi) is 16.2. The monoisotopic (exact) mass is 418 g/mol. The maximum Gasteiger partial charge on any atom is 0.341 e. The van der Waals surface area contributed by atoms with Gasteiger partial charge in [-0.3, -0.25) is 0 Å². The standard InChI is InChI=1S/C27H46O3/c1-3-5-7-9-11-13-19-24(18-12-10-8-6-4-2)20-16-17-23-30-27(29)25-21-14-15-22-26(25)28/h14-15,21-22,24,28H,3-13,16-20,23H2,1-2H3. The summed E-state index contributed by atoms with van der Waals surface area (Å²) in [4.78, 5) is 12.1. The second kappa shape index (κ2) is 18.3. The molecule has 0 aromatic heterocycles. The number of esters is 1. The first kappa shape index (κ1) is 26.5. The second-order valence-corrected chi connectivity index (χ2v) is 8.77. The van der Waals surface area contributed by atoms with Gasteiger partial charge in [-0.05, 0) is 30.9 Å². The lowest BCUT2D eigenvalue weighted by Gasteiger charge is -2.17. The number of benzene rings is 1. The van der Waals surface area contributed by atoms with E-state index in [1.54, 1.807) is 18.2 Å². The molecule has 30 heavy (non-hydrogen) atoms. The highest BCUT2D eigenvalue weighted by Crippen LogP contribution is 2.24. The molecule has 0 amide bonds. The number of ether oxygens (including phenoxy) is 1. The van der Waals surface area contributed by atoms with Crippen LogP contribution in [0.4, 0.5) is 0 Å². The van der Waals surface area contributed by atoms with E-state index in [2.05, 4.69) is 13.8 Å². The Hall–Kier alpha value is -1.51. The van der Waals surface area contributed by atoms with E-state index in [1.807, 2.05) is 0 Å². The van der Waals surface area contributed by atoms with Crippen LogP contribution in [0.25, 0.3) is 0 Å². The molecule has 0 heterocycles. The zero-order chi connectivity index (χ0) is 21.9. The minimum atomic E-state index is -0.423. The summed E-state index contributed by atoms with van der Waals surface area (Å²) in [6.45, 7) is 4.98. The Morgan fingerprint density at radius 1 is 0.767 bits per heavy atom. The fourth-order valence-electron chi connectivity index (χ4n) is 4.11. The lowest BCUT2D eigenvalue weighted by atomic mass is 9.90. The third kappa shape index (κ3) is 12.9. The van der Waals surface area contributed by atoms with Crippen molar-refractivity contribution >= 4 is 5.97 Å². The third-order valence-corrected chi connectivity index (χ3v) is 6.05. The molecule has 0 saturated carbocycles. The molecule has 172 valence electrons. The summed E-state index contributed by atoms with van der Waals surface area (Å²) in [6, 6.07) is 6.57. The average molecular weight is 419 g/mol. The normalized spacial score (nSPS) is 12.1. The van der Waals surface area contributed by atoms with Crippen LogP contribution in [0.2, 0.25) is 0 Å². The molecule has 1 aromatic rings. The second-order valence-electron chi connectivity index (χ2n) is 8.77. The molecule has 0 aliphatic rings. The van der Waals surface area contributed by atoms with Crippen molar-refractivity contribution in [3.05, 3.63) is 29.8 Å². The van der Waals surface area contributed by atoms with Crippen LogP contribution in [0.3, 0.4) is 0 Å². The van der Waals surface area contributed by atoms with Gasteiger partial charge in [0.2, 0.25) is 0 Å². The van der Waals surface area contributed by atoms with Crippen LogP contribution in [0.1, 0.15) is 127 Å². The van der Waals surface area contributed by atoms with Crippen LogP contribution < -0.4 is 0 Å². The van der Waals surface area contributed by atoms with Crippen molar-refractivity contribution in [2.24, 2.45) is 5.92 Å². The molecule has 1 unspecified atom stereocenters. The van der Waals surface area contributed by atoms with E-state index in [1.165, 1.54) is 96.0 Å². The van der Waals surface area contributed by atoms with E-state index >= 15 is 0 Å². The van der Waals surface area contributed by atoms with Crippen LogP contribution in [-0.4, -0.2) is 17.7 Å². The number of unbranched alkanes of at least 4 members (excludes halogenated alkanes) is 10. The number of phenolic OH excluding ortho intramolecular Hbond substituents is 1. The van der Waals surface area contributed by atoms with E-state index in [4.69, 9.17) is 4.74 Å². The van der Waals surface area contributed by atoms with Gasteiger partial charge in [0.1, 0.15) is 11.3 Å². The number of aromatic hydroxyl groups is 1. The average Bonchev–Trinajstić information content (AvgIpc) is 2.75. The SMILES string of the molecule is CCCCCCCCC(CCCCCCC)CCCCOC(=O)c1ccccc1O. The van der Waals surface area contributed by atoms with Gasteiger partial charge in [0, 0.05) is 0 Å². The first-order valence-electron chi connectivity index (χ1n) is 12.6. The molecule has 1 rings (SSSR count). The molecule has 1 N–H and O–H groups in total. The molecular formula is C27H46O3. The van der Waals surface area contributed by atoms with Crippen molar-refractivity contribution in [2.45, 2.75) is 117 Å². The summed E-state index contributed by atoms with van der Waals surface area (Å²) >= 11 is 0. The van der Waals surface area contributed by atoms with Crippen molar-refractivity contribution in [3.63, 3.8) is 0 Å². The van der Waals surface area contributed by atoms with E-state index in [0.29, 0.717) is 6.61 Å². The van der Waals surface area contributed by atoms with Gasteiger partial charge in [-0.2, -0.15) is 0 Å². The minimum absolute atomic E-state index is 0.00965. The highest BCUT2D eigenvalue weighted by atomic mass is 16.5. The van der Waals surface area contributed by atoms with E-state index < -0.39 is 5.97 Å². The number of carbonyl (C=O) groups excluding carboxylic acids is 1. The van der Waals surface area contributed by atoms with Gasteiger partial charge < -0.3 is 9.84 Å². The molecule has 0 fully saturated rings. The van der Waals surface area contributed by atoms with Crippen LogP contribution >= 0.6 is 0 Å². The summed E-state index contributed by atoms with van der Waals surface area (Å²) < 4.78 is 5.35. The fourth-order valence-corrected chi connectivity index (χ4v) is 4.11. The largest absolute Gasteiger partial charge is 0.507 e. The maximum atomic E-state index is 12.1. The molecule has 3 heteroatoms. The minimum Gasteiger partial charge on any atom is -0.507 e. The molecule has 0 spiro atoms. The Bertz CT molecular complexity index is 541. The number of hydrogen-bond donors (Lipinski definition) is 1. The smallest absolute Gasteiger partial charge is 0.341 e. The predicted octanol–water partition coefficient (Wildman–Crippen LogP) is 8.45. The summed E-state index contributed by atoms with van der Waals surface area (Å²) in [5, 5.41) is 9.74. The molecular weight excluding hydrogens is 372 g/mol. The van der Waals surface area contributed by atoms with Crippen molar-refractivity contribution in [3.8, 4) is 5.75 Å². The Morgan fingerprint density at radius 3 is 1.83 bits per heavy atom. The Balaban J connectivity index is 2.24. The molecule has 0 radical (unpaired) electrons. The van der Waals surface area contributed by atoms with Crippen LogP contribution in [0.15, 0.2) is 24.3 Å². The molecule has 3 nitrogen and oxygen atoms in total. The van der Waals surface area contributed by atoms with Gasteiger partial charge in [0.15, 0.2) is 0 Å². The number of carbonyl (C=O) groups is 1. The summed E-state index contributed by atoms with van der Waals surface area (Å²) in [5.41, 5.74) is 0.255. The number of phenols is 1. The molecule has 1 atom stereocenters. The highest BCUT2D eigenvalue weighted by molar-refractivity contribution is 5.92. The van der Waals surface area contributed by atoms with Gasteiger partial charge >= 0.3 is 5.97 Å². The molecule has 0 aliphatic carbocycles. The first-order chi connectivity index (χ1) is 14.7. The lowest BCUT2D eigenvalue weighted by molar-refractivity contribution is 0.0493. The number of para-hydroxylation sites is 1. The van der Waals surface area contributed by atoms with Crippen LogP contribution in [-0.2, 0) is 4.74 Å². The van der Waals surface area contributed by atoms with Gasteiger partial charge in [-0.15, -0.1) is 0 Å². The first-order valence-corrected chi connectivity index (χ1v) is 12.6. The topological polar surface area (TPSA) is 46.5 Å². The van der Waals surface area contributed by atoms with Gasteiger partial charge in [0.25, 0.3) is 0 Å². The van der Waals surface area contributed by atoms with Gasteiger partial charge in [-0.25, -0.2) is 4.79 Å². The summed E-state index contributed by atoms with van der Waals surface area (Å²) in [7, 11) is 0. The van der Waals surface area contributed by atoms with Crippen molar-refractivity contribution in [1.29, 1.82) is 0 Å². The quantitative estimate of drug-likeness (QED) is 0.181. The molecule has 0 bridgehead atoms. The number of hydrogen-bond acceptors (Lipinski definition) is 3. The van der Waals surface area contributed by atoms with Crippen LogP contribution in [0, 0.1) is 5.92 Å². The zero-order valence-electron chi connectivity index (χ0n) is 19.7. The van der Waals surface area contributed by atoms with Crippen molar-refractivity contribution in [1.82, 2.24) is 0 Å². The van der Waals surface area contributed by atoms with Crippen molar-refractivity contribution < 1.29 is 14.6 Å². The highest BCUT2D eigenvalue weighted by Gasteiger charge is 2.12. The predicted molar refractivity (Wildman–Crippen MR) is 127 cm³/mol. The molecule has 1 aromatic carbocycles. The lowest BCUT2D eigenvalue weighted by Crippen LogP contribution is -2.07. The fraction of sp³-hybridized carbons (Fsp3) is 0.741. The van der Waals surface area contributed by atoms with E-state index in [-0.39, 0.29) is 11.3 Å². The van der Waals surface area contributed by atoms with Crippen molar-refractivity contribution in [2.75, 3.05) is 6.61 Å². The zero-order valence-corrected chi connectivity index (χ0v) is 19.7.